The van der Waals surface area contributed by atoms with Gasteiger partial charge in [0.2, 0.25) is 11.8 Å². The van der Waals surface area contributed by atoms with Gasteiger partial charge in [0, 0.05) is 20.1 Å². The van der Waals surface area contributed by atoms with Gasteiger partial charge in [-0.1, -0.05) is 27.7 Å². The van der Waals surface area contributed by atoms with Crippen molar-refractivity contribution in [1.29, 1.82) is 0 Å². The van der Waals surface area contributed by atoms with Crippen molar-refractivity contribution < 1.29 is 4.92 Å². The van der Waals surface area contributed by atoms with Crippen molar-refractivity contribution in [3.05, 3.63) is 15.8 Å². The lowest BCUT2D eigenvalue weighted by Crippen LogP contribution is -2.30. The Bertz CT molecular complexity index is 511. The van der Waals surface area contributed by atoms with Gasteiger partial charge >= 0.3 is 5.69 Å². The van der Waals surface area contributed by atoms with E-state index < -0.39 is 4.92 Å². The first kappa shape index (κ1) is 17.1. The zero-order chi connectivity index (χ0) is 16.2. The lowest BCUT2D eigenvalue weighted by molar-refractivity contribution is -0.385. The normalized spacial score (nSPS) is 11.3. The summed E-state index contributed by atoms with van der Waals surface area (Å²) in [5.41, 5.74) is 0.367. The van der Waals surface area contributed by atoms with Crippen molar-refractivity contribution >= 4 is 17.5 Å². The van der Waals surface area contributed by atoms with E-state index in [0.717, 1.165) is 13.0 Å². The molecular formula is C14H25N5O2. The van der Waals surface area contributed by atoms with Crippen LogP contribution in [-0.2, 0) is 0 Å². The second-order valence-corrected chi connectivity index (χ2v) is 6.41. The van der Waals surface area contributed by atoms with Gasteiger partial charge in [-0.3, -0.25) is 10.1 Å². The van der Waals surface area contributed by atoms with Crippen LogP contribution in [0.4, 0.5) is 17.5 Å². The maximum absolute atomic E-state index is 11.3. The van der Waals surface area contributed by atoms with E-state index in [1.165, 1.54) is 0 Å². The number of nitrogens with zero attached hydrogens (tertiary/aromatic N) is 4. The summed E-state index contributed by atoms with van der Waals surface area (Å²) < 4.78 is 0. The Hall–Kier alpha value is -1.92. The first-order valence-electron chi connectivity index (χ1n) is 7.13. The topological polar surface area (TPSA) is 84.2 Å². The van der Waals surface area contributed by atoms with Crippen LogP contribution in [0.2, 0.25) is 0 Å². The van der Waals surface area contributed by atoms with Crippen LogP contribution in [-0.4, -0.2) is 35.0 Å². The van der Waals surface area contributed by atoms with E-state index in [1.54, 1.807) is 6.92 Å². The Labute approximate surface area is 125 Å². The molecule has 0 aliphatic heterocycles. The molecule has 1 N–H and O–H groups in total. The van der Waals surface area contributed by atoms with Crippen LogP contribution in [0.25, 0.3) is 0 Å². The molecule has 118 valence electrons. The molecule has 7 heteroatoms. The third-order valence-electron chi connectivity index (χ3n) is 2.83. The smallest absolute Gasteiger partial charge is 0.332 e. The van der Waals surface area contributed by atoms with Crippen molar-refractivity contribution in [3.63, 3.8) is 0 Å². The molecule has 7 nitrogen and oxygen atoms in total. The van der Waals surface area contributed by atoms with Gasteiger partial charge in [-0.15, -0.1) is 0 Å². The van der Waals surface area contributed by atoms with Crippen molar-refractivity contribution in [2.45, 2.75) is 41.0 Å². The minimum atomic E-state index is -0.409. The molecule has 0 atom stereocenters. The van der Waals surface area contributed by atoms with Gasteiger partial charge in [0.05, 0.1) is 4.92 Å². The summed E-state index contributed by atoms with van der Waals surface area (Å²) in [6.07, 6.45) is 0.937. The second kappa shape index (κ2) is 6.69. The van der Waals surface area contributed by atoms with E-state index in [4.69, 9.17) is 0 Å². The van der Waals surface area contributed by atoms with Crippen LogP contribution < -0.4 is 10.2 Å². The standard InChI is InChI=1S/C14H25N5O2/c1-7-8-15-13-16-10(2)11(19(20)21)12(17-13)18(6)9-14(3,4)5/h7-9H2,1-6H3,(H,15,16,17). The van der Waals surface area contributed by atoms with E-state index in [2.05, 4.69) is 36.1 Å². The minimum Gasteiger partial charge on any atom is -0.354 e. The zero-order valence-electron chi connectivity index (χ0n) is 13.7. The van der Waals surface area contributed by atoms with Gasteiger partial charge in [-0.05, 0) is 18.8 Å². The fourth-order valence-electron chi connectivity index (χ4n) is 2.13. The molecule has 1 aromatic rings. The Morgan fingerprint density at radius 2 is 1.95 bits per heavy atom. The number of nitro groups is 1. The SMILES string of the molecule is CCCNc1nc(C)c([N+](=O)[O-])c(N(C)CC(C)(C)C)n1. The summed E-state index contributed by atoms with van der Waals surface area (Å²) >= 11 is 0. The average molecular weight is 295 g/mol. The molecule has 0 amide bonds. The lowest BCUT2D eigenvalue weighted by Gasteiger charge is -2.27. The van der Waals surface area contributed by atoms with Crippen LogP contribution in [0.1, 0.15) is 39.8 Å². The molecule has 21 heavy (non-hydrogen) atoms. The highest BCUT2D eigenvalue weighted by atomic mass is 16.6. The summed E-state index contributed by atoms with van der Waals surface area (Å²) in [7, 11) is 1.82. The van der Waals surface area contributed by atoms with E-state index in [-0.39, 0.29) is 11.1 Å². The van der Waals surface area contributed by atoms with E-state index in [9.17, 15) is 10.1 Å². The summed E-state index contributed by atoms with van der Waals surface area (Å²) in [4.78, 5) is 21.2. The number of hydrogen-bond donors (Lipinski definition) is 1. The van der Waals surface area contributed by atoms with Crippen molar-refractivity contribution in [3.8, 4) is 0 Å². The maximum atomic E-state index is 11.3. The first-order valence-corrected chi connectivity index (χ1v) is 7.13. The highest BCUT2D eigenvalue weighted by Crippen LogP contribution is 2.30. The Balaban J connectivity index is 3.24. The fraction of sp³-hybridized carbons (Fsp3) is 0.714. The highest BCUT2D eigenvalue weighted by Gasteiger charge is 2.26. The van der Waals surface area contributed by atoms with Gasteiger partial charge in [0.1, 0.15) is 5.69 Å². The zero-order valence-corrected chi connectivity index (χ0v) is 13.7. The van der Waals surface area contributed by atoms with Crippen LogP contribution in [0.5, 0.6) is 0 Å². The quantitative estimate of drug-likeness (QED) is 0.641. The number of anilines is 2. The Morgan fingerprint density at radius 3 is 2.43 bits per heavy atom. The van der Waals surface area contributed by atoms with E-state index >= 15 is 0 Å². The molecule has 0 spiro atoms. The molecule has 0 aliphatic carbocycles. The van der Waals surface area contributed by atoms with Crippen molar-refractivity contribution in [2.24, 2.45) is 5.41 Å². The van der Waals surface area contributed by atoms with Crippen LogP contribution in [0, 0.1) is 22.5 Å². The van der Waals surface area contributed by atoms with Crippen LogP contribution in [0.15, 0.2) is 0 Å². The molecule has 1 aromatic heterocycles. The molecule has 1 heterocycles. The summed E-state index contributed by atoms with van der Waals surface area (Å²) in [5, 5.41) is 14.4. The van der Waals surface area contributed by atoms with Crippen LogP contribution >= 0.6 is 0 Å². The monoisotopic (exact) mass is 295 g/mol. The summed E-state index contributed by atoms with van der Waals surface area (Å²) in [6.45, 7) is 11.3. The number of rotatable bonds is 6. The molecule has 0 aliphatic rings. The molecule has 1 rings (SSSR count). The molecule has 0 saturated heterocycles. The lowest BCUT2D eigenvalue weighted by atomic mass is 9.96. The van der Waals surface area contributed by atoms with Gasteiger partial charge in [0.15, 0.2) is 0 Å². The maximum Gasteiger partial charge on any atom is 0.332 e. The average Bonchev–Trinajstić information content (AvgIpc) is 2.32. The van der Waals surface area contributed by atoms with Crippen LogP contribution in [0.3, 0.4) is 0 Å². The minimum absolute atomic E-state index is 0.0124. The second-order valence-electron chi connectivity index (χ2n) is 6.41. The van der Waals surface area contributed by atoms with Gasteiger partial charge in [0.25, 0.3) is 0 Å². The van der Waals surface area contributed by atoms with Gasteiger partial charge in [-0.2, -0.15) is 4.98 Å². The predicted octanol–water partition coefficient (Wildman–Crippen LogP) is 3.00. The summed E-state index contributed by atoms with van der Waals surface area (Å²) in [5.74, 6) is 0.803. The number of aromatic nitrogens is 2. The molecule has 0 saturated carbocycles. The van der Waals surface area contributed by atoms with Crippen molar-refractivity contribution in [1.82, 2.24) is 9.97 Å². The van der Waals surface area contributed by atoms with E-state index in [1.807, 2.05) is 18.9 Å². The fourth-order valence-corrected chi connectivity index (χ4v) is 2.13. The third kappa shape index (κ3) is 4.84. The number of hydrogen-bond acceptors (Lipinski definition) is 6. The molecule has 0 aromatic carbocycles. The Kier molecular flexibility index (Phi) is 5.46. The Morgan fingerprint density at radius 1 is 1.33 bits per heavy atom. The third-order valence-corrected chi connectivity index (χ3v) is 2.83. The van der Waals surface area contributed by atoms with Crippen molar-refractivity contribution in [2.75, 3.05) is 30.4 Å². The number of aryl methyl sites for hydroxylation is 1. The van der Waals surface area contributed by atoms with Gasteiger partial charge < -0.3 is 10.2 Å². The largest absolute Gasteiger partial charge is 0.354 e. The van der Waals surface area contributed by atoms with Gasteiger partial charge in [-0.25, -0.2) is 4.98 Å². The van der Waals surface area contributed by atoms with E-state index in [0.29, 0.717) is 24.0 Å². The molecule has 0 radical (unpaired) electrons. The molecule has 0 bridgehead atoms. The molecular weight excluding hydrogens is 270 g/mol. The first-order chi connectivity index (χ1) is 9.65. The highest BCUT2D eigenvalue weighted by molar-refractivity contribution is 5.62. The predicted molar refractivity (Wildman–Crippen MR) is 84.9 cm³/mol. The molecule has 0 unspecified atom stereocenters. The summed E-state index contributed by atoms with van der Waals surface area (Å²) in [6, 6.07) is 0. The number of nitrogens with one attached hydrogen (secondary N) is 1. The molecule has 0 fully saturated rings.